The Morgan fingerprint density at radius 2 is 2.05 bits per heavy atom. The van der Waals surface area contributed by atoms with Gasteiger partial charge in [-0.15, -0.1) is 0 Å². The smallest absolute Gasteiger partial charge is 0.248 e. The number of hydrogen-bond acceptors (Lipinski definition) is 2. The van der Waals surface area contributed by atoms with Crippen LogP contribution in [0.25, 0.3) is 6.08 Å². The van der Waals surface area contributed by atoms with Gasteiger partial charge in [-0.1, -0.05) is 12.1 Å². The molecule has 0 saturated carbocycles. The lowest BCUT2D eigenvalue weighted by molar-refractivity contribution is -0.111. The van der Waals surface area contributed by atoms with Crippen molar-refractivity contribution in [3.63, 3.8) is 0 Å². The van der Waals surface area contributed by atoms with Crippen molar-refractivity contribution >= 4 is 33.6 Å². The quantitative estimate of drug-likeness (QED) is 0.856. The largest absolute Gasteiger partial charge is 0.450 e. The van der Waals surface area contributed by atoms with Gasteiger partial charge in [0.15, 0.2) is 4.67 Å². The lowest BCUT2D eigenvalue weighted by atomic mass is 10.1. The maximum absolute atomic E-state index is 11.8. The molecule has 0 radical (unpaired) electrons. The number of carbonyl (C=O) groups excluding carboxylic acids is 1. The molecular formula is C15H14BrNO2. The van der Waals surface area contributed by atoms with E-state index in [0.29, 0.717) is 10.4 Å². The second kappa shape index (κ2) is 5.89. The molecule has 98 valence electrons. The first-order chi connectivity index (χ1) is 9.06. The van der Waals surface area contributed by atoms with Crippen molar-refractivity contribution in [2.24, 2.45) is 0 Å². The third-order valence-electron chi connectivity index (χ3n) is 2.86. The first kappa shape index (κ1) is 13.6. The molecule has 1 N–H and O–H groups in total. The SMILES string of the molecule is Cc1cccc(NC(=O)/C=C/c2ccc(Br)o2)c1C. The van der Waals surface area contributed by atoms with Crippen LogP contribution in [0.15, 0.2) is 45.5 Å². The second-order valence-corrected chi connectivity index (χ2v) is 4.99. The van der Waals surface area contributed by atoms with Crippen molar-refractivity contribution in [2.45, 2.75) is 13.8 Å². The summed E-state index contributed by atoms with van der Waals surface area (Å²) in [6, 6.07) is 9.39. The van der Waals surface area contributed by atoms with E-state index < -0.39 is 0 Å². The molecule has 19 heavy (non-hydrogen) atoms. The van der Waals surface area contributed by atoms with E-state index >= 15 is 0 Å². The molecule has 0 bridgehead atoms. The molecule has 1 aromatic heterocycles. The van der Waals surface area contributed by atoms with Crippen LogP contribution in [0.1, 0.15) is 16.9 Å². The van der Waals surface area contributed by atoms with Crippen LogP contribution in [0.4, 0.5) is 5.69 Å². The van der Waals surface area contributed by atoms with E-state index in [4.69, 9.17) is 4.42 Å². The summed E-state index contributed by atoms with van der Waals surface area (Å²) in [5.74, 6) is 0.448. The zero-order valence-corrected chi connectivity index (χ0v) is 12.3. The van der Waals surface area contributed by atoms with Gasteiger partial charge in [0.05, 0.1) is 0 Å². The Kier molecular flexibility index (Phi) is 4.22. The molecule has 2 aromatic rings. The molecule has 4 heteroatoms. The van der Waals surface area contributed by atoms with E-state index in [9.17, 15) is 4.79 Å². The third kappa shape index (κ3) is 3.58. The average molecular weight is 320 g/mol. The lowest BCUT2D eigenvalue weighted by Gasteiger charge is -2.08. The fourth-order valence-corrected chi connectivity index (χ4v) is 1.96. The molecular weight excluding hydrogens is 306 g/mol. The standard InChI is InChI=1S/C15H14BrNO2/c1-10-4-3-5-13(11(10)2)17-15(18)9-7-12-6-8-14(16)19-12/h3-9H,1-2H3,(H,17,18)/b9-7+. The summed E-state index contributed by atoms with van der Waals surface area (Å²) < 4.78 is 5.92. The van der Waals surface area contributed by atoms with Gasteiger partial charge in [0.2, 0.25) is 5.91 Å². The van der Waals surface area contributed by atoms with E-state index in [1.54, 1.807) is 18.2 Å². The Labute approximate surface area is 120 Å². The molecule has 0 aliphatic rings. The monoisotopic (exact) mass is 319 g/mol. The zero-order valence-electron chi connectivity index (χ0n) is 10.7. The summed E-state index contributed by atoms with van der Waals surface area (Å²) >= 11 is 3.21. The van der Waals surface area contributed by atoms with Crippen molar-refractivity contribution in [2.75, 3.05) is 5.32 Å². The lowest BCUT2D eigenvalue weighted by Crippen LogP contribution is -2.09. The van der Waals surface area contributed by atoms with Crippen LogP contribution >= 0.6 is 15.9 Å². The van der Waals surface area contributed by atoms with Gasteiger partial charge in [0.25, 0.3) is 0 Å². The second-order valence-electron chi connectivity index (χ2n) is 4.21. The van der Waals surface area contributed by atoms with Crippen LogP contribution in [0, 0.1) is 13.8 Å². The first-order valence-electron chi connectivity index (χ1n) is 5.87. The molecule has 0 atom stereocenters. The molecule has 2 rings (SSSR count). The first-order valence-corrected chi connectivity index (χ1v) is 6.66. The van der Waals surface area contributed by atoms with E-state index in [-0.39, 0.29) is 5.91 Å². The molecule has 0 spiro atoms. The van der Waals surface area contributed by atoms with Crippen LogP contribution < -0.4 is 5.32 Å². The molecule has 1 amide bonds. The van der Waals surface area contributed by atoms with Crippen LogP contribution in [0.3, 0.4) is 0 Å². The van der Waals surface area contributed by atoms with Gasteiger partial charge in [0.1, 0.15) is 5.76 Å². The van der Waals surface area contributed by atoms with E-state index in [2.05, 4.69) is 21.2 Å². The summed E-state index contributed by atoms with van der Waals surface area (Å²) in [4.78, 5) is 11.8. The van der Waals surface area contributed by atoms with Crippen LogP contribution in [0.2, 0.25) is 0 Å². The maximum Gasteiger partial charge on any atom is 0.248 e. The number of benzene rings is 1. The third-order valence-corrected chi connectivity index (χ3v) is 3.28. The van der Waals surface area contributed by atoms with Gasteiger partial charge in [-0.2, -0.15) is 0 Å². The molecule has 1 heterocycles. The van der Waals surface area contributed by atoms with Gasteiger partial charge in [-0.25, -0.2) is 0 Å². The fourth-order valence-electron chi connectivity index (χ4n) is 1.64. The summed E-state index contributed by atoms with van der Waals surface area (Å²) in [6.07, 6.45) is 3.08. The van der Waals surface area contributed by atoms with Gasteiger partial charge < -0.3 is 9.73 Å². The topological polar surface area (TPSA) is 42.2 Å². The Hall–Kier alpha value is -1.81. The average Bonchev–Trinajstić information content (AvgIpc) is 2.78. The molecule has 3 nitrogen and oxygen atoms in total. The van der Waals surface area contributed by atoms with E-state index in [0.717, 1.165) is 16.8 Å². The summed E-state index contributed by atoms with van der Waals surface area (Å²) in [6.45, 7) is 4.00. The molecule has 1 aromatic carbocycles. The van der Waals surface area contributed by atoms with Crippen LogP contribution in [-0.2, 0) is 4.79 Å². The number of anilines is 1. The number of aryl methyl sites for hydroxylation is 1. The Morgan fingerprint density at radius 3 is 2.74 bits per heavy atom. The van der Waals surface area contributed by atoms with Crippen molar-refractivity contribution in [3.8, 4) is 0 Å². The van der Waals surface area contributed by atoms with Crippen LogP contribution in [-0.4, -0.2) is 5.91 Å². The molecule has 0 unspecified atom stereocenters. The van der Waals surface area contributed by atoms with Gasteiger partial charge in [-0.3, -0.25) is 4.79 Å². The Morgan fingerprint density at radius 1 is 1.26 bits per heavy atom. The Bertz CT molecular complexity index is 629. The highest BCUT2D eigenvalue weighted by atomic mass is 79.9. The van der Waals surface area contributed by atoms with Crippen LogP contribution in [0.5, 0.6) is 0 Å². The minimum atomic E-state index is -0.179. The number of amides is 1. The van der Waals surface area contributed by atoms with Gasteiger partial charge in [-0.05, 0) is 65.2 Å². The van der Waals surface area contributed by atoms with Gasteiger partial charge >= 0.3 is 0 Å². The summed E-state index contributed by atoms with van der Waals surface area (Å²) in [7, 11) is 0. The highest BCUT2D eigenvalue weighted by molar-refractivity contribution is 9.10. The summed E-state index contributed by atoms with van der Waals surface area (Å²) in [5.41, 5.74) is 3.05. The van der Waals surface area contributed by atoms with Crippen molar-refractivity contribution < 1.29 is 9.21 Å². The highest BCUT2D eigenvalue weighted by Crippen LogP contribution is 2.18. The minimum Gasteiger partial charge on any atom is -0.450 e. The molecule has 0 saturated heterocycles. The van der Waals surface area contributed by atoms with Crippen molar-refractivity contribution in [3.05, 3.63) is 58.0 Å². The molecule has 0 aliphatic carbocycles. The normalized spacial score (nSPS) is 10.9. The maximum atomic E-state index is 11.8. The fraction of sp³-hybridized carbons (Fsp3) is 0.133. The molecule has 0 aliphatic heterocycles. The number of halogens is 1. The summed E-state index contributed by atoms with van der Waals surface area (Å²) in [5, 5.41) is 2.85. The van der Waals surface area contributed by atoms with Crippen molar-refractivity contribution in [1.29, 1.82) is 0 Å². The zero-order chi connectivity index (χ0) is 13.8. The van der Waals surface area contributed by atoms with Crippen molar-refractivity contribution in [1.82, 2.24) is 0 Å². The Balaban J connectivity index is 2.05. The highest BCUT2D eigenvalue weighted by Gasteiger charge is 2.03. The predicted octanol–water partition coefficient (Wildman–Crippen LogP) is 4.31. The molecule has 0 fully saturated rings. The minimum absolute atomic E-state index is 0.179. The number of hydrogen-bond donors (Lipinski definition) is 1. The van der Waals surface area contributed by atoms with E-state index in [1.807, 2.05) is 32.0 Å². The van der Waals surface area contributed by atoms with Gasteiger partial charge in [0, 0.05) is 11.8 Å². The predicted molar refractivity (Wildman–Crippen MR) is 80.0 cm³/mol. The number of carbonyl (C=O) groups is 1. The number of furan rings is 1. The number of nitrogens with one attached hydrogen (secondary N) is 1. The number of rotatable bonds is 3. The van der Waals surface area contributed by atoms with E-state index in [1.165, 1.54) is 6.08 Å².